The summed E-state index contributed by atoms with van der Waals surface area (Å²) in [6.45, 7) is 1.89. The fraction of sp³-hybridized carbons (Fsp3) is 0.353. The molecule has 0 aliphatic carbocycles. The van der Waals surface area contributed by atoms with Crippen LogP contribution in [0.1, 0.15) is 16.2 Å². The number of aromatic nitrogens is 2. The van der Waals surface area contributed by atoms with Gasteiger partial charge in [-0.2, -0.15) is 4.31 Å². The van der Waals surface area contributed by atoms with E-state index < -0.39 is 16.0 Å². The Balaban J connectivity index is 1.87. The standard InChI is InChI=1S/C17H20N4O5S/c1-20(27(24,25)13-5-3-2-4-6-13)12-15-18-11-14(17(22)23)16(19-15)21-7-9-26-10-8-21/h2-6,11H,7-10,12H2,1H3,(H,22,23). The fourth-order valence-corrected chi connectivity index (χ4v) is 3.85. The molecular formula is C17H20N4O5S. The molecule has 1 saturated heterocycles. The van der Waals surface area contributed by atoms with Gasteiger partial charge in [-0.1, -0.05) is 18.2 Å². The largest absolute Gasteiger partial charge is 0.477 e. The third-order valence-corrected chi connectivity index (χ3v) is 5.99. The van der Waals surface area contributed by atoms with Crippen molar-refractivity contribution in [3.05, 3.63) is 47.9 Å². The first-order chi connectivity index (χ1) is 12.9. The average Bonchev–Trinajstić information content (AvgIpc) is 2.69. The highest BCUT2D eigenvalue weighted by atomic mass is 32.2. The number of benzene rings is 1. The van der Waals surface area contributed by atoms with Crippen LogP contribution in [0.15, 0.2) is 41.4 Å². The average molecular weight is 392 g/mol. The number of ether oxygens (including phenoxy) is 1. The molecule has 1 aliphatic heterocycles. The predicted octanol–water partition coefficient (Wildman–Crippen LogP) is 0.832. The Bertz CT molecular complexity index is 914. The second-order valence-electron chi connectivity index (χ2n) is 6.00. The van der Waals surface area contributed by atoms with Gasteiger partial charge in [0.25, 0.3) is 0 Å². The van der Waals surface area contributed by atoms with Crippen LogP contribution in [0, 0.1) is 0 Å². The predicted molar refractivity (Wildman–Crippen MR) is 97.1 cm³/mol. The number of hydrogen-bond acceptors (Lipinski definition) is 7. The molecular weight excluding hydrogens is 372 g/mol. The van der Waals surface area contributed by atoms with Gasteiger partial charge in [-0.25, -0.2) is 23.2 Å². The number of morpholine rings is 1. The number of aromatic carboxylic acids is 1. The zero-order valence-corrected chi connectivity index (χ0v) is 15.6. The number of hydrogen-bond donors (Lipinski definition) is 1. The van der Waals surface area contributed by atoms with Crippen LogP contribution >= 0.6 is 0 Å². The summed E-state index contributed by atoms with van der Waals surface area (Å²) in [5, 5.41) is 9.40. The molecule has 1 fully saturated rings. The zero-order valence-electron chi connectivity index (χ0n) is 14.8. The molecule has 1 aliphatic rings. The molecule has 3 rings (SSSR count). The summed E-state index contributed by atoms with van der Waals surface area (Å²) in [4.78, 5) is 21.9. The van der Waals surface area contributed by atoms with Crippen LogP contribution in [0.5, 0.6) is 0 Å². The van der Waals surface area contributed by atoms with Crippen molar-refractivity contribution in [3.63, 3.8) is 0 Å². The molecule has 9 nitrogen and oxygen atoms in total. The molecule has 27 heavy (non-hydrogen) atoms. The minimum Gasteiger partial charge on any atom is -0.477 e. The van der Waals surface area contributed by atoms with Gasteiger partial charge in [-0.05, 0) is 12.1 Å². The van der Waals surface area contributed by atoms with E-state index in [1.165, 1.54) is 25.4 Å². The van der Waals surface area contributed by atoms with Gasteiger partial charge in [0.15, 0.2) is 0 Å². The molecule has 0 amide bonds. The van der Waals surface area contributed by atoms with Crippen molar-refractivity contribution in [1.82, 2.24) is 14.3 Å². The van der Waals surface area contributed by atoms with Crippen molar-refractivity contribution in [1.29, 1.82) is 0 Å². The molecule has 0 atom stereocenters. The lowest BCUT2D eigenvalue weighted by Gasteiger charge is -2.29. The summed E-state index contributed by atoms with van der Waals surface area (Å²) in [7, 11) is -2.26. The van der Waals surface area contributed by atoms with E-state index in [9.17, 15) is 18.3 Å². The lowest BCUT2D eigenvalue weighted by molar-refractivity contribution is 0.0695. The highest BCUT2D eigenvalue weighted by molar-refractivity contribution is 7.89. The number of nitrogens with zero attached hydrogens (tertiary/aromatic N) is 4. The van der Waals surface area contributed by atoms with Crippen molar-refractivity contribution in [2.75, 3.05) is 38.3 Å². The Morgan fingerprint density at radius 1 is 1.26 bits per heavy atom. The van der Waals surface area contributed by atoms with Gasteiger partial charge in [0.1, 0.15) is 17.2 Å². The van der Waals surface area contributed by atoms with E-state index in [2.05, 4.69) is 9.97 Å². The first kappa shape index (κ1) is 19.2. The highest BCUT2D eigenvalue weighted by Gasteiger charge is 2.24. The first-order valence-corrected chi connectivity index (χ1v) is 9.77. The van der Waals surface area contributed by atoms with Crippen LogP contribution in [0.25, 0.3) is 0 Å². The minimum atomic E-state index is -3.70. The second kappa shape index (κ2) is 7.99. The molecule has 2 aromatic rings. The zero-order chi connectivity index (χ0) is 19.4. The minimum absolute atomic E-state index is 0.0192. The molecule has 0 radical (unpaired) electrons. The van der Waals surface area contributed by atoms with Gasteiger partial charge in [0.05, 0.1) is 24.7 Å². The number of anilines is 1. The number of carbonyl (C=O) groups is 1. The Kier molecular flexibility index (Phi) is 5.68. The SMILES string of the molecule is CN(Cc1ncc(C(=O)O)c(N2CCOCC2)n1)S(=O)(=O)c1ccccc1. The van der Waals surface area contributed by atoms with Crippen molar-refractivity contribution in [2.24, 2.45) is 0 Å². The molecule has 0 spiro atoms. The van der Waals surface area contributed by atoms with Gasteiger partial charge in [-0.3, -0.25) is 0 Å². The third kappa shape index (κ3) is 4.24. The van der Waals surface area contributed by atoms with Crippen LogP contribution in [0.2, 0.25) is 0 Å². The van der Waals surface area contributed by atoms with Gasteiger partial charge in [-0.15, -0.1) is 0 Å². The molecule has 10 heteroatoms. The van der Waals surface area contributed by atoms with Crippen molar-refractivity contribution in [2.45, 2.75) is 11.4 Å². The van der Waals surface area contributed by atoms with Crippen LogP contribution < -0.4 is 4.90 Å². The number of carboxylic acids is 1. The van der Waals surface area contributed by atoms with Crippen molar-refractivity contribution >= 4 is 21.8 Å². The van der Waals surface area contributed by atoms with Crippen LogP contribution in [-0.4, -0.2) is 67.1 Å². The fourth-order valence-electron chi connectivity index (χ4n) is 2.71. The summed E-state index contributed by atoms with van der Waals surface area (Å²) in [5.74, 6) is -0.627. The van der Waals surface area contributed by atoms with Crippen molar-refractivity contribution < 1.29 is 23.1 Å². The van der Waals surface area contributed by atoms with E-state index in [-0.39, 0.29) is 28.6 Å². The van der Waals surface area contributed by atoms with Gasteiger partial charge < -0.3 is 14.7 Å². The van der Waals surface area contributed by atoms with E-state index >= 15 is 0 Å². The Morgan fingerprint density at radius 2 is 1.93 bits per heavy atom. The topological polar surface area (TPSA) is 113 Å². The third-order valence-electron chi connectivity index (χ3n) is 4.18. The van der Waals surface area contributed by atoms with Crippen LogP contribution in [0.3, 0.4) is 0 Å². The Hall–Kier alpha value is -2.56. The quantitative estimate of drug-likeness (QED) is 0.769. The van der Waals surface area contributed by atoms with Crippen molar-refractivity contribution in [3.8, 4) is 0 Å². The molecule has 144 valence electrons. The smallest absolute Gasteiger partial charge is 0.341 e. The molecule has 2 heterocycles. The first-order valence-electron chi connectivity index (χ1n) is 8.33. The number of carboxylic acid groups (broad SMARTS) is 1. The Labute approximate surface area is 157 Å². The van der Waals surface area contributed by atoms with Gasteiger partial charge >= 0.3 is 5.97 Å². The normalized spacial score (nSPS) is 15.1. The summed E-state index contributed by atoms with van der Waals surface area (Å²) >= 11 is 0. The number of rotatable bonds is 6. The summed E-state index contributed by atoms with van der Waals surface area (Å²) in [6, 6.07) is 8.06. The lowest BCUT2D eigenvalue weighted by atomic mass is 10.2. The molecule has 1 N–H and O–H groups in total. The number of sulfonamides is 1. The van der Waals surface area contributed by atoms with E-state index in [0.29, 0.717) is 26.3 Å². The van der Waals surface area contributed by atoms with E-state index in [0.717, 1.165) is 4.31 Å². The molecule has 1 aromatic carbocycles. The summed E-state index contributed by atoms with van der Waals surface area (Å²) < 4.78 is 31.7. The van der Waals surface area contributed by atoms with E-state index in [1.54, 1.807) is 18.2 Å². The Morgan fingerprint density at radius 3 is 2.56 bits per heavy atom. The molecule has 0 unspecified atom stereocenters. The maximum Gasteiger partial charge on any atom is 0.341 e. The maximum atomic E-state index is 12.6. The molecule has 0 bridgehead atoms. The monoisotopic (exact) mass is 392 g/mol. The van der Waals surface area contributed by atoms with Crippen LogP contribution in [-0.2, 0) is 21.3 Å². The summed E-state index contributed by atoms with van der Waals surface area (Å²) in [6.07, 6.45) is 1.22. The maximum absolute atomic E-state index is 12.6. The van der Waals surface area contributed by atoms with Gasteiger partial charge in [0.2, 0.25) is 10.0 Å². The summed E-state index contributed by atoms with van der Waals surface area (Å²) in [5.41, 5.74) is -0.0192. The van der Waals surface area contributed by atoms with E-state index in [1.807, 2.05) is 4.90 Å². The molecule has 0 saturated carbocycles. The van der Waals surface area contributed by atoms with Crippen LogP contribution in [0.4, 0.5) is 5.82 Å². The van der Waals surface area contributed by atoms with Gasteiger partial charge in [0, 0.05) is 26.3 Å². The molecule has 1 aromatic heterocycles. The lowest BCUT2D eigenvalue weighted by Crippen LogP contribution is -2.38. The highest BCUT2D eigenvalue weighted by Crippen LogP contribution is 2.20. The van der Waals surface area contributed by atoms with E-state index in [4.69, 9.17) is 4.74 Å². The second-order valence-corrected chi connectivity index (χ2v) is 8.05.